The zero-order valence-corrected chi connectivity index (χ0v) is 15.9. The predicted octanol–water partition coefficient (Wildman–Crippen LogP) is 2.10. The van der Waals surface area contributed by atoms with E-state index >= 15 is 0 Å². The Bertz CT molecular complexity index is 641. The number of likely N-dealkylation sites (N-methyl/N-ethyl adjacent to an activating group) is 1. The molecule has 0 radical (unpaired) electrons. The summed E-state index contributed by atoms with van der Waals surface area (Å²) < 4.78 is 0. The van der Waals surface area contributed by atoms with Gasteiger partial charge in [0.15, 0.2) is 0 Å². The number of benzene rings is 1. The fraction of sp³-hybridized carbons (Fsp3) is 0.550. The van der Waals surface area contributed by atoms with E-state index in [1.807, 2.05) is 13.0 Å². The lowest BCUT2D eigenvalue weighted by atomic mass is 9.94. The van der Waals surface area contributed by atoms with Crippen molar-refractivity contribution in [2.75, 3.05) is 13.6 Å². The lowest BCUT2D eigenvalue weighted by Crippen LogP contribution is -2.59. The van der Waals surface area contributed by atoms with Gasteiger partial charge < -0.3 is 15.5 Å². The number of hydrogen-bond donors (Lipinski definition) is 2. The molecule has 1 aliphatic rings. The van der Waals surface area contributed by atoms with E-state index in [1.54, 1.807) is 38.2 Å². The van der Waals surface area contributed by atoms with Crippen molar-refractivity contribution in [3.63, 3.8) is 0 Å². The molecular weight excluding hydrogens is 330 g/mol. The molecule has 0 saturated heterocycles. The molecule has 3 amide bonds. The number of carbonyl (C=O) groups excluding carboxylic acids is 3. The van der Waals surface area contributed by atoms with Crippen LogP contribution in [0.5, 0.6) is 0 Å². The van der Waals surface area contributed by atoms with Crippen LogP contribution in [0.15, 0.2) is 30.3 Å². The van der Waals surface area contributed by atoms with Crippen molar-refractivity contribution in [1.82, 2.24) is 15.5 Å². The third-order valence-electron chi connectivity index (χ3n) is 5.42. The third kappa shape index (κ3) is 4.62. The number of amides is 3. The summed E-state index contributed by atoms with van der Waals surface area (Å²) in [5.41, 5.74) is -0.433. The Morgan fingerprint density at radius 3 is 2.35 bits per heavy atom. The number of hydrogen-bond acceptors (Lipinski definition) is 3. The zero-order valence-electron chi connectivity index (χ0n) is 15.9. The van der Waals surface area contributed by atoms with Crippen molar-refractivity contribution < 1.29 is 14.4 Å². The maximum absolute atomic E-state index is 12.8. The smallest absolute Gasteiger partial charge is 0.251 e. The highest BCUT2D eigenvalue weighted by Gasteiger charge is 2.39. The molecule has 1 atom stereocenters. The van der Waals surface area contributed by atoms with Crippen LogP contribution in [-0.4, -0.2) is 47.8 Å². The van der Waals surface area contributed by atoms with Crippen molar-refractivity contribution in [2.24, 2.45) is 0 Å². The summed E-state index contributed by atoms with van der Waals surface area (Å²) >= 11 is 0. The van der Waals surface area contributed by atoms with E-state index in [2.05, 4.69) is 10.6 Å². The summed E-state index contributed by atoms with van der Waals surface area (Å²) in [6, 6.07) is 8.94. The molecule has 2 rings (SSSR count). The van der Waals surface area contributed by atoms with Gasteiger partial charge in [-0.3, -0.25) is 14.4 Å². The second kappa shape index (κ2) is 8.83. The van der Waals surface area contributed by atoms with Crippen molar-refractivity contribution in [1.29, 1.82) is 0 Å². The molecule has 0 aliphatic heterocycles. The summed E-state index contributed by atoms with van der Waals surface area (Å²) in [6.45, 7) is 3.52. The largest absolute Gasteiger partial charge is 0.351 e. The van der Waals surface area contributed by atoms with Gasteiger partial charge in [-0.05, 0) is 38.3 Å². The van der Waals surface area contributed by atoms with Gasteiger partial charge in [0, 0.05) is 18.7 Å². The molecule has 2 N–H and O–H groups in total. The van der Waals surface area contributed by atoms with Gasteiger partial charge in [-0.25, -0.2) is 0 Å². The van der Waals surface area contributed by atoms with Crippen LogP contribution in [0, 0.1) is 0 Å². The van der Waals surface area contributed by atoms with Crippen LogP contribution in [0.2, 0.25) is 0 Å². The average Bonchev–Trinajstić information content (AvgIpc) is 3.18. The van der Waals surface area contributed by atoms with E-state index in [0.717, 1.165) is 25.7 Å². The number of rotatable bonds is 7. The van der Waals surface area contributed by atoms with E-state index in [-0.39, 0.29) is 30.3 Å². The molecule has 0 aromatic heterocycles. The molecule has 1 aromatic carbocycles. The highest BCUT2D eigenvalue weighted by atomic mass is 16.2. The first kappa shape index (κ1) is 19.9. The number of carbonyl (C=O) groups is 3. The van der Waals surface area contributed by atoms with E-state index in [0.29, 0.717) is 12.0 Å². The van der Waals surface area contributed by atoms with Gasteiger partial charge >= 0.3 is 0 Å². The van der Waals surface area contributed by atoms with Crippen molar-refractivity contribution in [3.8, 4) is 0 Å². The molecule has 6 heteroatoms. The molecule has 6 nitrogen and oxygen atoms in total. The molecule has 1 aromatic rings. The molecule has 0 bridgehead atoms. The van der Waals surface area contributed by atoms with Crippen molar-refractivity contribution >= 4 is 17.7 Å². The molecule has 1 saturated carbocycles. The zero-order chi connectivity index (χ0) is 19.2. The Kier molecular flexibility index (Phi) is 6.77. The van der Waals surface area contributed by atoms with Crippen LogP contribution in [0.25, 0.3) is 0 Å². The second-order valence-corrected chi connectivity index (χ2v) is 7.08. The lowest BCUT2D eigenvalue weighted by molar-refractivity contribution is -0.145. The fourth-order valence-electron chi connectivity index (χ4n) is 3.20. The molecular formula is C20H29N3O3. The Hall–Kier alpha value is -2.37. The van der Waals surface area contributed by atoms with Gasteiger partial charge in [0.25, 0.3) is 5.91 Å². The van der Waals surface area contributed by atoms with Crippen LogP contribution in [0.4, 0.5) is 0 Å². The molecule has 0 heterocycles. The molecule has 26 heavy (non-hydrogen) atoms. The lowest BCUT2D eigenvalue weighted by Gasteiger charge is -2.37. The highest BCUT2D eigenvalue weighted by molar-refractivity contribution is 5.97. The third-order valence-corrected chi connectivity index (χ3v) is 5.42. The minimum atomic E-state index is -0.933. The Morgan fingerprint density at radius 2 is 1.77 bits per heavy atom. The minimum absolute atomic E-state index is 0.128. The molecule has 0 spiro atoms. The minimum Gasteiger partial charge on any atom is -0.351 e. The standard InChI is InChI=1S/C20H29N3O3/c1-4-20(2,19(26)22-16-12-8-9-13-16)23(3)17(24)14-21-18(25)15-10-6-5-7-11-15/h5-7,10-11,16H,4,8-9,12-14H2,1-3H3,(H,21,25)(H,22,26)/t20-/m1/s1. The Labute approximate surface area is 155 Å². The molecule has 1 aliphatic carbocycles. The Morgan fingerprint density at radius 1 is 1.15 bits per heavy atom. The van der Waals surface area contributed by atoms with Gasteiger partial charge in [0.2, 0.25) is 11.8 Å². The highest BCUT2D eigenvalue weighted by Crippen LogP contribution is 2.22. The summed E-state index contributed by atoms with van der Waals surface area (Å²) in [5.74, 6) is -0.724. The predicted molar refractivity (Wildman–Crippen MR) is 101 cm³/mol. The summed E-state index contributed by atoms with van der Waals surface area (Å²) in [6.07, 6.45) is 4.76. The second-order valence-electron chi connectivity index (χ2n) is 7.08. The fourth-order valence-corrected chi connectivity index (χ4v) is 3.20. The summed E-state index contributed by atoms with van der Waals surface area (Å²) in [7, 11) is 1.62. The van der Waals surface area contributed by atoms with Gasteiger partial charge in [-0.1, -0.05) is 38.0 Å². The van der Waals surface area contributed by atoms with E-state index < -0.39 is 5.54 Å². The molecule has 142 valence electrons. The first-order valence-electron chi connectivity index (χ1n) is 9.29. The van der Waals surface area contributed by atoms with Crippen molar-refractivity contribution in [2.45, 2.75) is 57.5 Å². The van der Waals surface area contributed by atoms with Crippen LogP contribution < -0.4 is 10.6 Å². The maximum Gasteiger partial charge on any atom is 0.251 e. The van der Waals surface area contributed by atoms with E-state index in [4.69, 9.17) is 0 Å². The maximum atomic E-state index is 12.8. The van der Waals surface area contributed by atoms with Crippen molar-refractivity contribution in [3.05, 3.63) is 35.9 Å². The molecule has 0 unspecified atom stereocenters. The van der Waals surface area contributed by atoms with Crippen LogP contribution in [0.1, 0.15) is 56.3 Å². The first-order valence-corrected chi connectivity index (χ1v) is 9.29. The topological polar surface area (TPSA) is 78.5 Å². The number of nitrogens with zero attached hydrogens (tertiary/aromatic N) is 1. The van der Waals surface area contributed by atoms with Crippen LogP contribution in [-0.2, 0) is 9.59 Å². The van der Waals surface area contributed by atoms with Gasteiger partial charge in [-0.15, -0.1) is 0 Å². The summed E-state index contributed by atoms with van der Waals surface area (Å²) in [4.78, 5) is 38.9. The van der Waals surface area contributed by atoms with E-state index in [9.17, 15) is 14.4 Å². The SMILES string of the molecule is CC[C@](C)(C(=O)NC1CCCC1)N(C)C(=O)CNC(=O)c1ccccc1. The van der Waals surface area contributed by atoms with E-state index in [1.165, 1.54) is 4.90 Å². The first-order chi connectivity index (χ1) is 12.4. The molecule has 1 fully saturated rings. The quantitative estimate of drug-likeness (QED) is 0.783. The van der Waals surface area contributed by atoms with Gasteiger partial charge in [-0.2, -0.15) is 0 Å². The van der Waals surface area contributed by atoms with Crippen LogP contribution >= 0.6 is 0 Å². The average molecular weight is 359 g/mol. The Balaban J connectivity index is 1.94. The normalized spacial score (nSPS) is 16.6. The monoisotopic (exact) mass is 359 g/mol. The van der Waals surface area contributed by atoms with Gasteiger partial charge in [0.1, 0.15) is 5.54 Å². The van der Waals surface area contributed by atoms with Gasteiger partial charge in [0.05, 0.1) is 6.54 Å². The number of nitrogens with one attached hydrogen (secondary N) is 2. The van der Waals surface area contributed by atoms with Crippen LogP contribution in [0.3, 0.4) is 0 Å². The summed E-state index contributed by atoms with van der Waals surface area (Å²) in [5, 5.41) is 5.70.